The minimum atomic E-state index is -0.549. The van der Waals surface area contributed by atoms with Crippen molar-refractivity contribution >= 4 is 29.2 Å². The van der Waals surface area contributed by atoms with Crippen molar-refractivity contribution < 1.29 is 19.0 Å². The van der Waals surface area contributed by atoms with Gasteiger partial charge in [-0.3, -0.25) is 0 Å². The van der Waals surface area contributed by atoms with Crippen molar-refractivity contribution in [3.05, 3.63) is 88.4 Å². The minimum Gasteiger partial charge on any atom is -0.493 e. The van der Waals surface area contributed by atoms with Crippen molar-refractivity contribution in [3.63, 3.8) is 0 Å². The van der Waals surface area contributed by atoms with Crippen LogP contribution in [-0.4, -0.2) is 19.7 Å². The van der Waals surface area contributed by atoms with Crippen LogP contribution >= 0.6 is 11.6 Å². The number of nitrogens with zero attached hydrogens (tertiary/aromatic N) is 1. The van der Waals surface area contributed by atoms with E-state index in [1.165, 1.54) is 7.11 Å². The fourth-order valence-electron chi connectivity index (χ4n) is 2.98. The largest absolute Gasteiger partial charge is 0.493 e. The number of aryl methyl sites for hydroxylation is 1. The van der Waals surface area contributed by atoms with Gasteiger partial charge in [-0.25, -0.2) is 4.79 Å². The SMILES string of the molecule is CCc1cccc(OCC(=O)Oc2ccc(/C=C(/C#N)c3ccc(Cl)cc3)cc2OC)c1. The smallest absolute Gasteiger partial charge is 0.349 e. The average Bonchev–Trinajstić information content (AvgIpc) is 2.82. The molecule has 0 heterocycles. The third kappa shape index (κ3) is 6.13. The highest BCUT2D eigenvalue weighted by Crippen LogP contribution is 2.30. The first-order chi connectivity index (χ1) is 15.5. The Morgan fingerprint density at radius 1 is 1.06 bits per heavy atom. The number of ether oxygens (including phenoxy) is 3. The molecular weight excluding hydrogens is 426 g/mol. The van der Waals surface area contributed by atoms with Crippen LogP contribution in [0.2, 0.25) is 5.02 Å². The van der Waals surface area contributed by atoms with E-state index in [0.29, 0.717) is 22.1 Å². The number of carbonyl (C=O) groups is 1. The van der Waals surface area contributed by atoms with Crippen molar-refractivity contribution in [3.8, 4) is 23.3 Å². The van der Waals surface area contributed by atoms with Gasteiger partial charge in [0.25, 0.3) is 0 Å². The fraction of sp³-hybridized carbons (Fsp3) is 0.154. The molecule has 162 valence electrons. The number of esters is 1. The molecular formula is C26H22ClNO4. The summed E-state index contributed by atoms with van der Waals surface area (Å²) in [5.74, 6) is 0.700. The van der Waals surface area contributed by atoms with E-state index in [0.717, 1.165) is 23.1 Å². The molecule has 0 N–H and O–H groups in total. The molecule has 0 atom stereocenters. The van der Waals surface area contributed by atoms with Crippen molar-refractivity contribution in [2.45, 2.75) is 13.3 Å². The number of carbonyl (C=O) groups excluding carboxylic acids is 1. The van der Waals surface area contributed by atoms with E-state index in [9.17, 15) is 10.1 Å². The molecule has 0 spiro atoms. The molecule has 3 rings (SSSR count). The maximum Gasteiger partial charge on any atom is 0.349 e. The summed E-state index contributed by atoms with van der Waals surface area (Å²) in [6.07, 6.45) is 2.60. The van der Waals surface area contributed by atoms with Gasteiger partial charge in [-0.05, 0) is 65.6 Å². The second kappa shape index (κ2) is 11.0. The Hall–Kier alpha value is -3.75. The second-order valence-electron chi connectivity index (χ2n) is 6.85. The van der Waals surface area contributed by atoms with E-state index in [4.69, 9.17) is 25.8 Å². The molecule has 0 fully saturated rings. The van der Waals surface area contributed by atoms with E-state index >= 15 is 0 Å². The molecule has 0 unspecified atom stereocenters. The first-order valence-electron chi connectivity index (χ1n) is 10.0. The Labute approximate surface area is 192 Å². The molecule has 0 aliphatic carbocycles. The van der Waals surface area contributed by atoms with Gasteiger partial charge in [0.2, 0.25) is 0 Å². The third-order valence-electron chi connectivity index (χ3n) is 4.66. The lowest BCUT2D eigenvalue weighted by Gasteiger charge is -2.11. The molecule has 0 aliphatic heterocycles. The molecule has 0 saturated carbocycles. The van der Waals surface area contributed by atoms with Crippen molar-refractivity contribution in [1.29, 1.82) is 5.26 Å². The molecule has 6 heteroatoms. The summed E-state index contributed by atoms with van der Waals surface area (Å²) in [5, 5.41) is 10.1. The topological polar surface area (TPSA) is 68.5 Å². The van der Waals surface area contributed by atoms with Crippen LogP contribution in [-0.2, 0) is 11.2 Å². The van der Waals surface area contributed by atoms with Crippen LogP contribution in [0.15, 0.2) is 66.7 Å². The number of methoxy groups -OCH3 is 1. The van der Waals surface area contributed by atoms with Gasteiger partial charge in [0.15, 0.2) is 18.1 Å². The molecule has 0 radical (unpaired) electrons. The summed E-state index contributed by atoms with van der Waals surface area (Å²) in [7, 11) is 1.48. The van der Waals surface area contributed by atoms with Crippen LogP contribution < -0.4 is 14.2 Å². The Morgan fingerprint density at radius 2 is 1.84 bits per heavy atom. The summed E-state index contributed by atoms with van der Waals surface area (Å²) in [4.78, 5) is 12.3. The maximum absolute atomic E-state index is 12.3. The van der Waals surface area contributed by atoms with Gasteiger partial charge in [-0.15, -0.1) is 0 Å². The zero-order chi connectivity index (χ0) is 22.9. The van der Waals surface area contributed by atoms with Gasteiger partial charge >= 0.3 is 5.97 Å². The Bertz CT molecular complexity index is 1160. The fourth-order valence-corrected chi connectivity index (χ4v) is 3.11. The molecule has 0 aliphatic rings. The standard InChI is InChI=1S/C26H22ClNO4/c1-3-18-5-4-6-23(14-18)31-17-26(29)32-24-12-7-19(15-25(24)30-2)13-21(16-28)20-8-10-22(27)11-9-20/h4-15H,3,17H2,1-2H3/b21-13-. The zero-order valence-corrected chi connectivity index (χ0v) is 18.6. The predicted molar refractivity (Wildman–Crippen MR) is 125 cm³/mol. The van der Waals surface area contributed by atoms with Gasteiger partial charge in [-0.2, -0.15) is 5.26 Å². The van der Waals surface area contributed by atoms with Gasteiger partial charge in [0.05, 0.1) is 18.8 Å². The lowest BCUT2D eigenvalue weighted by molar-refractivity contribution is -0.136. The van der Waals surface area contributed by atoms with Crippen molar-refractivity contribution in [2.75, 3.05) is 13.7 Å². The summed E-state index contributed by atoms with van der Waals surface area (Å²) < 4.78 is 16.3. The van der Waals surface area contributed by atoms with Crippen LogP contribution in [0.4, 0.5) is 0 Å². The third-order valence-corrected chi connectivity index (χ3v) is 4.91. The maximum atomic E-state index is 12.3. The first-order valence-corrected chi connectivity index (χ1v) is 10.4. The number of nitriles is 1. The summed E-state index contributed by atoms with van der Waals surface area (Å²) in [5.41, 5.74) is 3.06. The molecule has 0 aromatic heterocycles. The number of allylic oxidation sites excluding steroid dienone is 1. The van der Waals surface area contributed by atoms with Crippen molar-refractivity contribution in [1.82, 2.24) is 0 Å². The van der Waals surface area contributed by atoms with E-state index < -0.39 is 5.97 Å². The quantitative estimate of drug-likeness (QED) is 0.184. The Morgan fingerprint density at radius 3 is 2.53 bits per heavy atom. The van der Waals surface area contributed by atoms with E-state index in [-0.39, 0.29) is 12.4 Å². The molecule has 32 heavy (non-hydrogen) atoms. The van der Waals surface area contributed by atoms with Crippen LogP contribution in [0.25, 0.3) is 11.6 Å². The highest BCUT2D eigenvalue weighted by atomic mass is 35.5. The van der Waals surface area contributed by atoms with Gasteiger partial charge in [0.1, 0.15) is 5.75 Å². The van der Waals surface area contributed by atoms with Crippen LogP contribution in [0, 0.1) is 11.3 Å². The molecule has 3 aromatic rings. The summed E-state index contributed by atoms with van der Waals surface area (Å²) in [6, 6.07) is 21.8. The average molecular weight is 448 g/mol. The van der Waals surface area contributed by atoms with Crippen LogP contribution in [0.5, 0.6) is 17.2 Å². The lowest BCUT2D eigenvalue weighted by atomic mass is 10.0. The van der Waals surface area contributed by atoms with Crippen LogP contribution in [0.1, 0.15) is 23.6 Å². The van der Waals surface area contributed by atoms with E-state index in [2.05, 4.69) is 6.07 Å². The van der Waals surface area contributed by atoms with Gasteiger partial charge in [0, 0.05) is 5.02 Å². The molecule has 0 bridgehead atoms. The van der Waals surface area contributed by atoms with Crippen LogP contribution in [0.3, 0.4) is 0 Å². The van der Waals surface area contributed by atoms with Crippen molar-refractivity contribution in [2.24, 2.45) is 0 Å². The first kappa shape index (κ1) is 22.9. The summed E-state index contributed by atoms with van der Waals surface area (Å²) in [6.45, 7) is 1.82. The number of benzene rings is 3. The normalized spacial score (nSPS) is 10.9. The molecule has 3 aromatic carbocycles. The highest BCUT2D eigenvalue weighted by molar-refractivity contribution is 6.30. The highest BCUT2D eigenvalue weighted by Gasteiger charge is 2.12. The van der Waals surface area contributed by atoms with Gasteiger partial charge in [-0.1, -0.05) is 48.9 Å². The predicted octanol–water partition coefficient (Wildman–Crippen LogP) is 5.96. The van der Waals surface area contributed by atoms with Gasteiger partial charge < -0.3 is 14.2 Å². The molecule has 0 amide bonds. The summed E-state index contributed by atoms with van der Waals surface area (Å²) >= 11 is 5.92. The van der Waals surface area contributed by atoms with E-state index in [1.54, 1.807) is 54.6 Å². The number of halogens is 1. The molecule has 0 saturated heterocycles. The second-order valence-corrected chi connectivity index (χ2v) is 7.29. The monoisotopic (exact) mass is 447 g/mol. The Balaban J connectivity index is 1.71. The number of hydrogen-bond donors (Lipinski definition) is 0. The number of rotatable bonds is 8. The Kier molecular flexibility index (Phi) is 7.91. The lowest BCUT2D eigenvalue weighted by Crippen LogP contribution is -2.18. The zero-order valence-electron chi connectivity index (χ0n) is 17.8. The minimum absolute atomic E-state index is 0.229. The molecule has 5 nitrogen and oxygen atoms in total. The number of hydrogen-bond acceptors (Lipinski definition) is 5. The van der Waals surface area contributed by atoms with E-state index in [1.807, 2.05) is 25.1 Å².